The van der Waals surface area contributed by atoms with Crippen LogP contribution in [-0.4, -0.2) is 27.5 Å². The van der Waals surface area contributed by atoms with Gasteiger partial charge in [-0.15, -0.1) is 10.2 Å². The molecule has 1 aromatic carbocycles. The number of carbonyl (C=O) groups excluding carboxylic acids is 1. The predicted molar refractivity (Wildman–Crippen MR) is 101 cm³/mol. The first-order valence-electron chi connectivity index (χ1n) is 9.00. The van der Waals surface area contributed by atoms with E-state index < -0.39 is 0 Å². The Morgan fingerprint density at radius 1 is 1.15 bits per heavy atom. The summed E-state index contributed by atoms with van der Waals surface area (Å²) in [5.74, 6) is 1.19. The topological polar surface area (TPSA) is 59.2 Å². The Balaban J connectivity index is 1.57. The van der Waals surface area contributed by atoms with Gasteiger partial charge in [0.2, 0.25) is 17.7 Å². The van der Waals surface area contributed by atoms with Gasteiger partial charge < -0.3 is 9.32 Å². The van der Waals surface area contributed by atoms with Crippen LogP contribution in [0.4, 0.5) is 0 Å². The maximum atomic E-state index is 12.9. The molecule has 3 heterocycles. The van der Waals surface area contributed by atoms with E-state index >= 15 is 0 Å². The molecule has 5 nitrogen and oxygen atoms in total. The summed E-state index contributed by atoms with van der Waals surface area (Å²) in [6.07, 6.45) is 4.51. The predicted octanol–water partition coefficient (Wildman–Crippen LogP) is 4.48. The Kier molecular flexibility index (Phi) is 5.11. The normalized spacial score (nSPS) is 17.8. The van der Waals surface area contributed by atoms with Crippen molar-refractivity contribution in [3.8, 4) is 11.5 Å². The Morgan fingerprint density at radius 2 is 2.04 bits per heavy atom. The number of carbonyl (C=O) groups is 1. The number of nitrogens with zero attached hydrogens (tertiary/aromatic N) is 3. The van der Waals surface area contributed by atoms with E-state index in [1.807, 2.05) is 52.1 Å². The fourth-order valence-electron chi connectivity index (χ4n) is 3.40. The number of amides is 1. The Labute approximate surface area is 156 Å². The Morgan fingerprint density at radius 3 is 2.85 bits per heavy atom. The number of hydrogen-bond acceptors (Lipinski definition) is 5. The first-order valence-corrected chi connectivity index (χ1v) is 9.95. The van der Waals surface area contributed by atoms with Crippen LogP contribution in [0, 0.1) is 0 Å². The highest BCUT2D eigenvalue weighted by molar-refractivity contribution is 7.08. The van der Waals surface area contributed by atoms with E-state index in [4.69, 9.17) is 4.42 Å². The molecule has 2 aromatic heterocycles. The van der Waals surface area contributed by atoms with E-state index in [2.05, 4.69) is 10.2 Å². The van der Waals surface area contributed by atoms with Gasteiger partial charge in [-0.3, -0.25) is 4.79 Å². The van der Waals surface area contributed by atoms with Crippen LogP contribution in [0.15, 0.2) is 51.6 Å². The molecule has 1 amide bonds. The molecular weight excluding hydrogens is 346 g/mol. The van der Waals surface area contributed by atoms with E-state index in [-0.39, 0.29) is 11.9 Å². The number of benzene rings is 1. The van der Waals surface area contributed by atoms with Crippen molar-refractivity contribution in [1.82, 2.24) is 15.1 Å². The molecule has 4 rings (SSSR count). The van der Waals surface area contributed by atoms with Gasteiger partial charge in [0.15, 0.2) is 0 Å². The van der Waals surface area contributed by atoms with Gasteiger partial charge in [0.25, 0.3) is 0 Å². The first kappa shape index (κ1) is 17.0. The molecule has 0 bridgehead atoms. The highest BCUT2D eigenvalue weighted by atomic mass is 32.1. The van der Waals surface area contributed by atoms with Crippen LogP contribution in [0.5, 0.6) is 0 Å². The van der Waals surface area contributed by atoms with Crippen LogP contribution in [0.1, 0.15) is 43.2 Å². The minimum Gasteiger partial charge on any atom is -0.418 e. The van der Waals surface area contributed by atoms with Gasteiger partial charge in [0, 0.05) is 12.1 Å². The molecule has 26 heavy (non-hydrogen) atoms. The second kappa shape index (κ2) is 7.83. The molecule has 1 fully saturated rings. The van der Waals surface area contributed by atoms with Gasteiger partial charge in [-0.2, -0.15) is 11.3 Å². The second-order valence-electron chi connectivity index (χ2n) is 6.57. The third kappa shape index (κ3) is 3.70. The van der Waals surface area contributed by atoms with Gasteiger partial charge in [0.05, 0.1) is 6.42 Å². The Hall–Kier alpha value is -2.47. The molecule has 134 valence electrons. The van der Waals surface area contributed by atoms with Crippen LogP contribution < -0.4 is 0 Å². The van der Waals surface area contributed by atoms with Gasteiger partial charge in [-0.1, -0.05) is 31.0 Å². The van der Waals surface area contributed by atoms with E-state index in [1.54, 1.807) is 11.3 Å². The molecule has 0 spiro atoms. The lowest BCUT2D eigenvalue weighted by atomic mass is 10.1. The van der Waals surface area contributed by atoms with Crippen molar-refractivity contribution in [2.75, 3.05) is 6.54 Å². The van der Waals surface area contributed by atoms with Crippen molar-refractivity contribution >= 4 is 17.2 Å². The summed E-state index contributed by atoms with van der Waals surface area (Å²) in [5, 5.41) is 12.5. The molecule has 1 atom stereocenters. The summed E-state index contributed by atoms with van der Waals surface area (Å²) in [6.45, 7) is 0.747. The summed E-state index contributed by atoms with van der Waals surface area (Å²) in [4.78, 5) is 14.9. The number of thiophene rings is 1. The summed E-state index contributed by atoms with van der Waals surface area (Å²) < 4.78 is 5.97. The van der Waals surface area contributed by atoms with E-state index in [0.29, 0.717) is 18.2 Å². The molecule has 1 aliphatic heterocycles. The first-order chi connectivity index (χ1) is 12.8. The van der Waals surface area contributed by atoms with Crippen molar-refractivity contribution in [2.24, 2.45) is 0 Å². The van der Waals surface area contributed by atoms with Gasteiger partial charge >= 0.3 is 0 Å². The lowest BCUT2D eigenvalue weighted by Crippen LogP contribution is -2.36. The Bertz CT molecular complexity index is 845. The molecule has 6 heteroatoms. The minimum atomic E-state index is -0.131. The lowest BCUT2D eigenvalue weighted by Gasteiger charge is -2.27. The third-order valence-corrected chi connectivity index (χ3v) is 5.49. The van der Waals surface area contributed by atoms with Crippen molar-refractivity contribution in [3.63, 3.8) is 0 Å². The summed E-state index contributed by atoms with van der Waals surface area (Å²) in [6, 6.07) is 11.6. The maximum Gasteiger partial charge on any atom is 0.247 e. The number of rotatable bonds is 4. The molecule has 0 N–H and O–H groups in total. The number of aromatic nitrogens is 2. The van der Waals surface area contributed by atoms with Crippen LogP contribution in [0.3, 0.4) is 0 Å². The zero-order chi connectivity index (χ0) is 17.8. The molecule has 0 saturated carbocycles. The molecule has 0 aliphatic carbocycles. The van der Waals surface area contributed by atoms with Crippen LogP contribution in [0.2, 0.25) is 0 Å². The van der Waals surface area contributed by atoms with Crippen molar-refractivity contribution < 1.29 is 9.21 Å². The van der Waals surface area contributed by atoms with Crippen LogP contribution in [0.25, 0.3) is 11.5 Å². The molecular formula is C20H21N3O2S. The van der Waals surface area contributed by atoms with E-state index in [0.717, 1.165) is 43.4 Å². The van der Waals surface area contributed by atoms with Crippen molar-refractivity contribution in [3.05, 3.63) is 58.6 Å². The second-order valence-corrected chi connectivity index (χ2v) is 7.35. The number of hydrogen-bond donors (Lipinski definition) is 0. The van der Waals surface area contributed by atoms with Gasteiger partial charge in [-0.25, -0.2) is 0 Å². The summed E-state index contributed by atoms with van der Waals surface area (Å²) in [7, 11) is 0. The highest BCUT2D eigenvalue weighted by Crippen LogP contribution is 2.31. The molecule has 1 unspecified atom stereocenters. The quantitative estimate of drug-likeness (QED) is 0.682. The summed E-state index contributed by atoms with van der Waals surface area (Å²) in [5.41, 5.74) is 1.97. The maximum absolute atomic E-state index is 12.9. The average molecular weight is 367 g/mol. The average Bonchev–Trinajstić information content (AvgIpc) is 3.30. The fourth-order valence-corrected chi connectivity index (χ4v) is 4.07. The largest absolute Gasteiger partial charge is 0.418 e. The van der Waals surface area contributed by atoms with Gasteiger partial charge in [-0.05, 0) is 47.4 Å². The third-order valence-electron chi connectivity index (χ3n) is 4.76. The van der Waals surface area contributed by atoms with Crippen molar-refractivity contribution in [1.29, 1.82) is 0 Å². The van der Waals surface area contributed by atoms with E-state index in [9.17, 15) is 4.79 Å². The van der Waals surface area contributed by atoms with Gasteiger partial charge in [0.1, 0.15) is 6.04 Å². The molecule has 0 radical (unpaired) electrons. The van der Waals surface area contributed by atoms with Crippen LogP contribution >= 0.6 is 11.3 Å². The lowest BCUT2D eigenvalue weighted by molar-refractivity contribution is -0.133. The van der Waals surface area contributed by atoms with E-state index in [1.165, 1.54) is 0 Å². The van der Waals surface area contributed by atoms with Crippen LogP contribution in [-0.2, 0) is 11.2 Å². The zero-order valence-corrected chi connectivity index (χ0v) is 15.3. The molecule has 1 aliphatic rings. The molecule has 3 aromatic rings. The summed E-state index contributed by atoms with van der Waals surface area (Å²) >= 11 is 1.62. The SMILES string of the molecule is O=C(Cc1ccsc1)N1CCCCCC1c1nnc(-c2ccccc2)o1. The fraction of sp³-hybridized carbons (Fsp3) is 0.350. The smallest absolute Gasteiger partial charge is 0.247 e. The monoisotopic (exact) mass is 367 g/mol. The molecule has 1 saturated heterocycles. The zero-order valence-electron chi connectivity index (χ0n) is 14.5. The standard InChI is InChI=1S/C20H21N3O2S/c24-18(13-15-10-12-26-14-15)23-11-6-2-5-9-17(23)20-22-21-19(25-20)16-7-3-1-4-8-16/h1,3-4,7-8,10,12,14,17H,2,5-6,9,11,13H2. The van der Waals surface area contributed by atoms with Crippen molar-refractivity contribution in [2.45, 2.75) is 38.1 Å². The highest BCUT2D eigenvalue weighted by Gasteiger charge is 2.31. The minimum absolute atomic E-state index is 0.131. The number of likely N-dealkylation sites (tertiary alicyclic amines) is 1.